The second kappa shape index (κ2) is 9.43. The van der Waals surface area contributed by atoms with Crippen LogP contribution in [0.1, 0.15) is 5.56 Å². The number of nitrogen functional groups attached to an aromatic ring is 1. The zero-order chi connectivity index (χ0) is 19.9. The molecule has 7 heteroatoms. The van der Waals surface area contributed by atoms with Crippen LogP contribution < -0.4 is 19.9 Å². The first kappa shape index (κ1) is 20.0. The van der Waals surface area contributed by atoms with Gasteiger partial charge in [-0.25, -0.2) is 0 Å². The van der Waals surface area contributed by atoms with Crippen molar-refractivity contribution in [3.8, 4) is 17.2 Å². The van der Waals surface area contributed by atoms with Crippen LogP contribution in [0.4, 0.5) is 5.69 Å². The van der Waals surface area contributed by atoms with E-state index in [1.165, 1.54) is 0 Å². The predicted octanol–water partition coefficient (Wildman–Crippen LogP) is 2.31. The van der Waals surface area contributed by atoms with Crippen LogP contribution in [0.15, 0.2) is 42.5 Å². The van der Waals surface area contributed by atoms with Crippen LogP contribution in [0.3, 0.4) is 0 Å². The van der Waals surface area contributed by atoms with Gasteiger partial charge in [0.25, 0.3) is 0 Å². The van der Waals surface area contributed by atoms with Crippen molar-refractivity contribution < 1.29 is 14.2 Å². The maximum atomic E-state index is 8.23. The first-order valence-electron chi connectivity index (χ1n) is 9.40. The molecule has 1 heterocycles. The van der Waals surface area contributed by atoms with Gasteiger partial charge in [0.1, 0.15) is 12.4 Å². The standard InChI is InChI=1S/C21H28N4O3/c1-24-8-10-25(11-9-24)12-13-27-20-15-18(22)17(14-19(20)26-2)21(23)28-16-6-4-3-5-7-16/h3-7,14-15,23H,8-13,22H2,1-2H3. The van der Waals surface area contributed by atoms with Gasteiger partial charge in [0.2, 0.25) is 5.90 Å². The highest BCUT2D eigenvalue weighted by Gasteiger charge is 2.17. The van der Waals surface area contributed by atoms with Crippen molar-refractivity contribution in [2.75, 3.05) is 59.2 Å². The zero-order valence-corrected chi connectivity index (χ0v) is 16.5. The number of rotatable bonds is 7. The minimum Gasteiger partial charge on any atom is -0.493 e. The molecule has 0 unspecified atom stereocenters. The molecule has 3 N–H and O–H groups in total. The van der Waals surface area contributed by atoms with E-state index in [1.807, 2.05) is 18.2 Å². The largest absolute Gasteiger partial charge is 0.493 e. The van der Waals surface area contributed by atoms with Crippen LogP contribution in [-0.2, 0) is 0 Å². The van der Waals surface area contributed by atoms with E-state index in [4.69, 9.17) is 25.4 Å². The van der Waals surface area contributed by atoms with E-state index in [1.54, 1.807) is 31.4 Å². The van der Waals surface area contributed by atoms with Crippen LogP contribution >= 0.6 is 0 Å². The highest BCUT2D eigenvalue weighted by molar-refractivity contribution is 5.99. The number of para-hydroxylation sites is 1. The summed E-state index contributed by atoms with van der Waals surface area (Å²) in [5.41, 5.74) is 7.04. The van der Waals surface area contributed by atoms with Gasteiger partial charge in [-0.1, -0.05) is 18.2 Å². The SMILES string of the molecule is COc1cc(C(=N)Oc2ccccc2)c(N)cc1OCCN1CCN(C)CC1. The van der Waals surface area contributed by atoms with Gasteiger partial charge >= 0.3 is 0 Å². The minimum atomic E-state index is -0.0361. The monoisotopic (exact) mass is 384 g/mol. The van der Waals surface area contributed by atoms with Crippen LogP contribution in [0.2, 0.25) is 0 Å². The molecule has 3 rings (SSSR count). The Labute approximate surface area is 166 Å². The quantitative estimate of drug-likeness (QED) is 0.433. The molecule has 0 amide bonds. The summed E-state index contributed by atoms with van der Waals surface area (Å²) in [4.78, 5) is 4.71. The molecule has 150 valence electrons. The number of piperazine rings is 1. The third kappa shape index (κ3) is 5.15. The molecule has 0 atom stereocenters. The molecular weight excluding hydrogens is 356 g/mol. The Kier molecular flexibility index (Phi) is 6.73. The summed E-state index contributed by atoms with van der Waals surface area (Å²) in [5.74, 6) is 1.65. The van der Waals surface area contributed by atoms with E-state index in [-0.39, 0.29) is 5.90 Å². The molecule has 2 aromatic carbocycles. The minimum absolute atomic E-state index is 0.0361. The Hall–Kier alpha value is -2.77. The van der Waals surface area contributed by atoms with E-state index < -0.39 is 0 Å². The van der Waals surface area contributed by atoms with Crippen molar-refractivity contribution in [3.05, 3.63) is 48.0 Å². The van der Waals surface area contributed by atoms with E-state index >= 15 is 0 Å². The van der Waals surface area contributed by atoms with E-state index in [2.05, 4.69) is 16.8 Å². The number of nitrogens with zero attached hydrogens (tertiary/aromatic N) is 2. The van der Waals surface area contributed by atoms with Gasteiger partial charge in [-0.05, 0) is 25.2 Å². The van der Waals surface area contributed by atoms with Gasteiger partial charge in [-0.2, -0.15) is 0 Å². The molecule has 1 aliphatic heterocycles. The fourth-order valence-corrected chi connectivity index (χ4v) is 3.06. The topological polar surface area (TPSA) is 84.0 Å². The smallest absolute Gasteiger partial charge is 0.221 e. The number of nitrogens with one attached hydrogen (secondary N) is 1. The van der Waals surface area contributed by atoms with Gasteiger partial charge in [0.05, 0.1) is 12.7 Å². The third-order valence-electron chi connectivity index (χ3n) is 4.80. The fraction of sp³-hybridized carbons (Fsp3) is 0.381. The van der Waals surface area contributed by atoms with Crippen molar-refractivity contribution in [2.24, 2.45) is 0 Å². The van der Waals surface area contributed by atoms with Crippen molar-refractivity contribution >= 4 is 11.6 Å². The third-order valence-corrected chi connectivity index (χ3v) is 4.80. The Morgan fingerprint density at radius 3 is 2.46 bits per heavy atom. The summed E-state index contributed by atoms with van der Waals surface area (Å²) in [6.07, 6.45) is 0. The van der Waals surface area contributed by atoms with Crippen LogP contribution in [-0.4, -0.2) is 69.2 Å². The van der Waals surface area contributed by atoms with E-state index in [0.717, 1.165) is 32.7 Å². The molecule has 1 saturated heterocycles. The maximum absolute atomic E-state index is 8.23. The van der Waals surface area contributed by atoms with Gasteiger partial charge in [0, 0.05) is 44.5 Å². The van der Waals surface area contributed by atoms with Crippen molar-refractivity contribution in [3.63, 3.8) is 0 Å². The lowest BCUT2D eigenvalue weighted by Gasteiger charge is -2.32. The van der Waals surface area contributed by atoms with E-state index in [0.29, 0.717) is 35.1 Å². The fourth-order valence-electron chi connectivity index (χ4n) is 3.06. The average Bonchev–Trinajstić information content (AvgIpc) is 2.70. The lowest BCUT2D eigenvalue weighted by molar-refractivity contribution is 0.133. The molecule has 0 aromatic heterocycles. The number of hydrogen-bond donors (Lipinski definition) is 2. The molecule has 0 spiro atoms. The Morgan fingerprint density at radius 1 is 1.07 bits per heavy atom. The van der Waals surface area contributed by atoms with Crippen molar-refractivity contribution in [1.82, 2.24) is 9.80 Å². The molecule has 0 saturated carbocycles. The molecular formula is C21H28N4O3. The molecule has 1 aliphatic rings. The van der Waals surface area contributed by atoms with Crippen LogP contribution in [0.5, 0.6) is 17.2 Å². The van der Waals surface area contributed by atoms with Crippen molar-refractivity contribution in [2.45, 2.75) is 0 Å². The van der Waals surface area contributed by atoms with Gasteiger partial charge in [0.15, 0.2) is 11.5 Å². The lowest BCUT2D eigenvalue weighted by atomic mass is 10.1. The number of benzene rings is 2. The van der Waals surface area contributed by atoms with Gasteiger partial charge in [-0.15, -0.1) is 0 Å². The highest BCUT2D eigenvalue weighted by atomic mass is 16.5. The molecule has 0 aliphatic carbocycles. The normalized spacial score (nSPS) is 15.2. The molecule has 2 aromatic rings. The van der Waals surface area contributed by atoms with E-state index in [9.17, 15) is 0 Å². The second-order valence-corrected chi connectivity index (χ2v) is 6.83. The first-order valence-corrected chi connectivity index (χ1v) is 9.40. The number of anilines is 1. The number of hydrogen-bond acceptors (Lipinski definition) is 7. The Balaban J connectivity index is 1.63. The summed E-state index contributed by atoms with van der Waals surface area (Å²) >= 11 is 0. The molecule has 1 fully saturated rings. The van der Waals surface area contributed by atoms with Crippen LogP contribution in [0, 0.1) is 5.41 Å². The first-order chi connectivity index (χ1) is 13.6. The maximum Gasteiger partial charge on any atom is 0.221 e. The summed E-state index contributed by atoms with van der Waals surface area (Å²) in [6, 6.07) is 12.6. The second-order valence-electron chi connectivity index (χ2n) is 6.83. The van der Waals surface area contributed by atoms with Gasteiger partial charge < -0.3 is 24.8 Å². The Morgan fingerprint density at radius 2 is 1.79 bits per heavy atom. The van der Waals surface area contributed by atoms with Crippen LogP contribution in [0.25, 0.3) is 0 Å². The predicted molar refractivity (Wildman–Crippen MR) is 111 cm³/mol. The summed E-state index contributed by atoms with van der Waals surface area (Å²) in [7, 11) is 3.71. The average molecular weight is 384 g/mol. The summed E-state index contributed by atoms with van der Waals surface area (Å²) in [6.45, 7) is 5.66. The van der Waals surface area contributed by atoms with Crippen molar-refractivity contribution in [1.29, 1.82) is 5.41 Å². The van der Waals surface area contributed by atoms with Gasteiger partial charge in [-0.3, -0.25) is 10.3 Å². The zero-order valence-electron chi connectivity index (χ0n) is 16.5. The number of methoxy groups -OCH3 is 1. The summed E-state index contributed by atoms with van der Waals surface area (Å²) < 4.78 is 17.0. The summed E-state index contributed by atoms with van der Waals surface area (Å²) in [5, 5.41) is 8.23. The molecule has 28 heavy (non-hydrogen) atoms. The Bertz CT molecular complexity index is 790. The lowest BCUT2D eigenvalue weighted by Crippen LogP contribution is -2.45. The highest BCUT2D eigenvalue weighted by Crippen LogP contribution is 2.33. The number of ether oxygens (including phenoxy) is 3. The number of likely N-dealkylation sites (N-methyl/N-ethyl adjacent to an activating group) is 1. The molecule has 0 radical (unpaired) electrons. The molecule has 7 nitrogen and oxygen atoms in total. The molecule has 0 bridgehead atoms. The number of nitrogens with two attached hydrogens (primary N) is 1.